The highest BCUT2D eigenvalue weighted by Crippen LogP contribution is 2.33. The molecule has 3 aromatic rings. The molecule has 1 N–H and O–H groups in total. The maximum atomic E-state index is 13.8. The van der Waals surface area contributed by atoms with Crippen molar-refractivity contribution in [2.24, 2.45) is 0 Å². The van der Waals surface area contributed by atoms with E-state index in [2.05, 4.69) is 29.4 Å². The van der Waals surface area contributed by atoms with Crippen LogP contribution in [0, 0.1) is 0 Å². The molecule has 1 aliphatic heterocycles. The second-order valence-corrected chi connectivity index (χ2v) is 9.47. The van der Waals surface area contributed by atoms with Crippen molar-refractivity contribution in [2.45, 2.75) is 63.6 Å². The number of hydrogen-bond acceptors (Lipinski definition) is 3. The lowest BCUT2D eigenvalue weighted by molar-refractivity contribution is -0.133. The predicted octanol–water partition coefficient (Wildman–Crippen LogP) is 4.11. The number of nitrogens with one attached hydrogen (secondary N) is 1. The Bertz CT molecular complexity index is 1150. The molecule has 2 atom stereocenters. The minimum Gasteiger partial charge on any atom is -0.351 e. The molecule has 1 fully saturated rings. The SMILES string of the molecule is C[C@H](CN1C(=O)c2nc3ccccc3n2C[C@]1(C)C(=O)NC1CCCC1)c1ccccc1. The van der Waals surface area contributed by atoms with Gasteiger partial charge < -0.3 is 14.8 Å². The highest BCUT2D eigenvalue weighted by Gasteiger charge is 2.49. The van der Waals surface area contributed by atoms with E-state index in [0.29, 0.717) is 18.9 Å². The summed E-state index contributed by atoms with van der Waals surface area (Å²) < 4.78 is 1.93. The molecular formula is C26H30N4O2. The Labute approximate surface area is 188 Å². The van der Waals surface area contributed by atoms with Gasteiger partial charge in [0.1, 0.15) is 5.54 Å². The Morgan fingerprint density at radius 3 is 2.56 bits per heavy atom. The summed E-state index contributed by atoms with van der Waals surface area (Å²) in [5.41, 5.74) is 1.84. The number of rotatable bonds is 5. The van der Waals surface area contributed by atoms with E-state index in [1.807, 2.05) is 54.0 Å². The van der Waals surface area contributed by atoms with Gasteiger partial charge in [0, 0.05) is 12.6 Å². The van der Waals surface area contributed by atoms with Gasteiger partial charge in [-0.3, -0.25) is 9.59 Å². The molecule has 0 radical (unpaired) electrons. The van der Waals surface area contributed by atoms with Gasteiger partial charge in [-0.15, -0.1) is 0 Å². The Balaban J connectivity index is 1.54. The number of para-hydroxylation sites is 2. The molecule has 2 heterocycles. The van der Waals surface area contributed by atoms with Crippen LogP contribution in [0.2, 0.25) is 0 Å². The number of aromatic nitrogens is 2. The van der Waals surface area contributed by atoms with Gasteiger partial charge in [-0.05, 0) is 43.4 Å². The minimum absolute atomic E-state index is 0.0681. The first-order valence-electron chi connectivity index (χ1n) is 11.6. The number of carbonyl (C=O) groups excluding carboxylic acids is 2. The zero-order chi connectivity index (χ0) is 22.3. The van der Waals surface area contributed by atoms with E-state index in [0.717, 1.165) is 42.3 Å². The average molecular weight is 431 g/mol. The van der Waals surface area contributed by atoms with E-state index < -0.39 is 5.54 Å². The van der Waals surface area contributed by atoms with Crippen LogP contribution in [0.25, 0.3) is 11.0 Å². The van der Waals surface area contributed by atoms with Crippen LogP contribution >= 0.6 is 0 Å². The molecule has 1 aromatic heterocycles. The molecule has 5 rings (SSSR count). The largest absolute Gasteiger partial charge is 0.351 e. The standard InChI is InChI=1S/C26H30N4O2/c1-18(19-10-4-3-5-11-19)16-30-24(31)23-28-21-14-8-9-15-22(21)29(23)17-26(30,2)25(32)27-20-12-6-7-13-20/h3-5,8-11,14-15,18,20H,6-7,12-13,16-17H2,1-2H3,(H,27,32)/t18-,26-/m1/s1. The van der Waals surface area contributed by atoms with Crippen molar-refractivity contribution in [3.05, 3.63) is 66.0 Å². The molecule has 6 nitrogen and oxygen atoms in total. The first-order chi connectivity index (χ1) is 15.5. The summed E-state index contributed by atoms with van der Waals surface area (Å²) in [5.74, 6) is 0.257. The third-order valence-corrected chi connectivity index (χ3v) is 7.16. The number of carbonyl (C=O) groups is 2. The van der Waals surface area contributed by atoms with Crippen molar-refractivity contribution >= 4 is 22.8 Å². The molecule has 32 heavy (non-hydrogen) atoms. The van der Waals surface area contributed by atoms with Crippen LogP contribution in [-0.2, 0) is 11.3 Å². The lowest BCUT2D eigenvalue weighted by atomic mass is 9.91. The van der Waals surface area contributed by atoms with E-state index in [-0.39, 0.29) is 23.8 Å². The molecule has 166 valence electrons. The smallest absolute Gasteiger partial charge is 0.290 e. The fourth-order valence-electron chi connectivity index (χ4n) is 5.19. The molecule has 0 saturated heterocycles. The summed E-state index contributed by atoms with van der Waals surface area (Å²) >= 11 is 0. The average Bonchev–Trinajstić information content (AvgIpc) is 3.45. The van der Waals surface area contributed by atoms with E-state index in [1.165, 1.54) is 0 Å². The number of amides is 2. The van der Waals surface area contributed by atoms with Crippen molar-refractivity contribution < 1.29 is 9.59 Å². The predicted molar refractivity (Wildman–Crippen MR) is 124 cm³/mol. The first-order valence-corrected chi connectivity index (χ1v) is 11.6. The fraction of sp³-hybridized carbons (Fsp3) is 0.423. The van der Waals surface area contributed by atoms with Gasteiger partial charge in [0.2, 0.25) is 5.91 Å². The quantitative estimate of drug-likeness (QED) is 0.662. The van der Waals surface area contributed by atoms with Crippen molar-refractivity contribution in [1.82, 2.24) is 19.8 Å². The van der Waals surface area contributed by atoms with Gasteiger partial charge in [0.25, 0.3) is 5.91 Å². The van der Waals surface area contributed by atoms with Crippen molar-refractivity contribution in [3.8, 4) is 0 Å². The Kier molecular flexibility index (Phi) is 5.24. The molecule has 0 bridgehead atoms. The summed E-state index contributed by atoms with van der Waals surface area (Å²) in [5, 5.41) is 3.26. The van der Waals surface area contributed by atoms with Crippen LogP contribution in [-0.4, -0.2) is 44.4 Å². The number of benzene rings is 2. The van der Waals surface area contributed by atoms with Gasteiger partial charge in [-0.25, -0.2) is 4.98 Å². The Morgan fingerprint density at radius 2 is 1.81 bits per heavy atom. The third kappa shape index (κ3) is 3.48. The van der Waals surface area contributed by atoms with Crippen LogP contribution in [0.4, 0.5) is 0 Å². The summed E-state index contributed by atoms with van der Waals surface area (Å²) in [6.45, 7) is 4.87. The Hall–Kier alpha value is -3.15. The van der Waals surface area contributed by atoms with Crippen molar-refractivity contribution in [3.63, 3.8) is 0 Å². The number of nitrogens with zero attached hydrogens (tertiary/aromatic N) is 3. The summed E-state index contributed by atoms with van der Waals surface area (Å²) in [4.78, 5) is 33.8. The third-order valence-electron chi connectivity index (χ3n) is 7.16. The maximum absolute atomic E-state index is 13.8. The monoisotopic (exact) mass is 430 g/mol. The number of hydrogen-bond donors (Lipinski definition) is 1. The first kappa shape index (κ1) is 20.7. The highest BCUT2D eigenvalue weighted by atomic mass is 16.2. The topological polar surface area (TPSA) is 67.2 Å². The van der Waals surface area contributed by atoms with Gasteiger partial charge >= 0.3 is 0 Å². The normalized spacial score (nSPS) is 22.2. The molecule has 1 aliphatic carbocycles. The molecule has 6 heteroatoms. The summed E-state index contributed by atoms with van der Waals surface area (Å²) in [6.07, 6.45) is 4.31. The number of fused-ring (bicyclic) bond motifs is 3. The minimum atomic E-state index is -0.987. The lowest BCUT2D eigenvalue weighted by Gasteiger charge is -2.45. The maximum Gasteiger partial charge on any atom is 0.290 e. The van der Waals surface area contributed by atoms with Crippen LogP contribution in [0.3, 0.4) is 0 Å². The molecule has 1 saturated carbocycles. The van der Waals surface area contributed by atoms with Gasteiger partial charge in [-0.2, -0.15) is 0 Å². The van der Waals surface area contributed by atoms with Crippen molar-refractivity contribution in [1.29, 1.82) is 0 Å². The van der Waals surface area contributed by atoms with Crippen LogP contribution in [0.1, 0.15) is 61.6 Å². The Morgan fingerprint density at radius 1 is 1.12 bits per heavy atom. The zero-order valence-electron chi connectivity index (χ0n) is 18.8. The molecule has 2 aliphatic rings. The molecule has 2 aromatic carbocycles. The second kappa shape index (κ2) is 8.08. The van der Waals surface area contributed by atoms with E-state index in [4.69, 9.17) is 0 Å². The lowest BCUT2D eigenvalue weighted by Crippen LogP contribution is -2.65. The molecular weight excluding hydrogens is 400 g/mol. The van der Waals surface area contributed by atoms with Gasteiger partial charge in [0.15, 0.2) is 5.82 Å². The molecule has 0 unspecified atom stereocenters. The zero-order valence-corrected chi connectivity index (χ0v) is 18.8. The number of imidazole rings is 1. The fourth-order valence-corrected chi connectivity index (χ4v) is 5.19. The van der Waals surface area contributed by atoms with E-state index in [1.54, 1.807) is 4.90 Å². The molecule has 2 amide bonds. The highest BCUT2D eigenvalue weighted by molar-refractivity contribution is 6.01. The van der Waals surface area contributed by atoms with Crippen LogP contribution in [0.15, 0.2) is 54.6 Å². The van der Waals surface area contributed by atoms with E-state index in [9.17, 15) is 9.59 Å². The van der Waals surface area contributed by atoms with Crippen molar-refractivity contribution in [2.75, 3.05) is 6.54 Å². The summed E-state index contributed by atoms with van der Waals surface area (Å²) in [7, 11) is 0. The van der Waals surface area contributed by atoms with Gasteiger partial charge in [0.05, 0.1) is 17.6 Å². The van der Waals surface area contributed by atoms with Gasteiger partial charge in [-0.1, -0.05) is 62.2 Å². The van der Waals surface area contributed by atoms with Crippen LogP contribution in [0.5, 0.6) is 0 Å². The second-order valence-electron chi connectivity index (χ2n) is 9.47. The molecule has 0 spiro atoms. The summed E-state index contributed by atoms with van der Waals surface area (Å²) in [6, 6.07) is 18.1. The van der Waals surface area contributed by atoms with E-state index >= 15 is 0 Å². The van der Waals surface area contributed by atoms with Crippen LogP contribution < -0.4 is 5.32 Å².